The summed E-state index contributed by atoms with van der Waals surface area (Å²) in [6, 6.07) is 3.16. The summed E-state index contributed by atoms with van der Waals surface area (Å²) in [7, 11) is 0. The van der Waals surface area contributed by atoms with Crippen LogP contribution in [0.15, 0.2) is 12.4 Å². The number of aromatic nitrogens is 2. The van der Waals surface area contributed by atoms with Crippen molar-refractivity contribution in [1.29, 1.82) is 5.26 Å². The Kier molecular flexibility index (Phi) is 2.88. The van der Waals surface area contributed by atoms with Crippen LogP contribution in [-0.4, -0.2) is 46.6 Å². The van der Waals surface area contributed by atoms with Crippen LogP contribution in [0.3, 0.4) is 0 Å². The van der Waals surface area contributed by atoms with Gasteiger partial charge in [0.2, 0.25) is 0 Å². The molecule has 3 heterocycles. The quantitative estimate of drug-likeness (QED) is 0.737. The third-order valence-corrected chi connectivity index (χ3v) is 3.99. The number of hydrogen-bond acceptors (Lipinski definition) is 5. The molecule has 1 aromatic heterocycles. The second-order valence-electron chi connectivity index (χ2n) is 5.13. The van der Waals surface area contributed by atoms with Gasteiger partial charge in [-0.2, -0.15) is 5.26 Å². The van der Waals surface area contributed by atoms with Gasteiger partial charge < -0.3 is 4.90 Å². The summed E-state index contributed by atoms with van der Waals surface area (Å²) in [4.78, 5) is 13.3. The summed E-state index contributed by atoms with van der Waals surface area (Å²) in [6.45, 7) is 5.44. The van der Waals surface area contributed by atoms with Gasteiger partial charge in [-0.25, -0.2) is 9.97 Å². The molecule has 0 spiro atoms. The Bertz CT molecular complexity index is 481. The Morgan fingerprint density at radius 1 is 1.33 bits per heavy atom. The van der Waals surface area contributed by atoms with E-state index >= 15 is 0 Å². The Morgan fingerprint density at radius 2 is 2.17 bits per heavy atom. The summed E-state index contributed by atoms with van der Waals surface area (Å²) in [5, 5.41) is 9.13. The number of piperazine rings is 1. The van der Waals surface area contributed by atoms with E-state index in [1.165, 1.54) is 19.4 Å². The number of nitrogens with zero attached hydrogens (tertiary/aromatic N) is 5. The summed E-state index contributed by atoms with van der Waals surface area (Å²) in [6.07, 6.45) is 5.80. The fourth-order valence-electron chi connectivity index (χ4n) is 3.10. The van der Waals surface area contributed by atoms with Gasteiger partial charge in [-0.1, -0.05) is 0 Å². The van der Waals surface area contributed by atoms with E-state index < -0.39 is 0 Å². The van der Waals surface area contributed by atoms with Crippen LogP contribution in [0.5, 0.6) is 0 Å². The molecule has 94 valence electrons. The summed E-state index contributed by atoms with van der Waals surface area (Å²) in [5.74, 6) is 0.749. The number of hydrogen-bond donors (Lipinski definition) is 0. The minimum Gasteiger partial charge on any atom is -0.349 e. The van der Waals surface area contributed by atoms with Gasteiger partial charge in [0.05, 0.1) is 0 Å². The normalized spacial score (nSPS) is 27.9. The topological polar surface area (TPSA) is 56.1 Å². The summed E-state index contributed by atoms with van der Waals surface area (Å²) < 4.78 is 0. The highest BCUT2D eigenvalue weighted by molar-refractivity contribution is 5.51. The second-order valence-corrected chi connectivity index (χ2v) is 5.13. The highest BCUT2D eigenvalue weighted by atomic mass is 15.3. The molecular formula is C13H17N5. The van der Waals surface area contributed by atoms with Crippen LogP contribution in [0.4, 0.5) is 5.82 Å². The molecule has 2 aliphatic rings. The lowest BCUT2D eigenvalue weighted by molar-refractivity contribution is 0.202. The zero-order valence-corrected chi connectivity index (χ0v) is 10.6. The van der Waals surface area contributed by atoms with Crippen LogP contribution in [0.2, 0.25) is 0 Å². The molecule has 0 N–H and O–H groups in total. The van der Waals surface area contributed by atoms with E-state index in [1.54, 1.807) is 12.4 Å². The average molecular weight is 243 g/mol. The van der Waals surface area contributed by atoms with Crippen LogP contribution in [0.25, 0.3) is 0 Å². The van der Waals surface area contributed by atoms with Gasteiger partial charge in [0.15, 0.2) is 11.5 Å². The van der Waals surface area contributed by atoms with E-state index in [-0.39, 0.29) is 0 Å². The molecular weight excluding hydrogens is 226 g/mol. The van der Waals surface area contributed by atoms with Crippen molar-refractivity contribution >= 4 is 5.82 Å². The predicted molar refractivity (Wildman–Crippen MR) is 68.2 cm³/mol. The molecule has 5 heteroatoms. The molecule has 2 atom stereocenters. The molecule has 0 amide bonds. The average Bonchev–Trinajstić information content (AvgIpc) is 2.84. The number of fused-ring (bicyclic) bond motifs is 1. The van der Waals surface area contributed by atoms with Crippen LogP contribution in [0.1, 0.15) is 25.5 Å². The molecule has 3 rings (SSSR count). The van der Waals surface area contributed by atoms with Crippen molar-refractivity contribution in [3.8, 4) is 6.07 Å². The zero-order valence-electron chi connectivity index (χ0n) is 10.6. The Labute approximate surface area is 107 Å². The van der Waals surface area contributed by atoms with Crippen molar-refractivity contribution in [1.82, 2.24) is 14.9 Å². The van der Waals surface area contributed by atoms with Crippen LogP contribution in [-0.2, 0) is 0 Å². The standard InChI is InChI=1S/C13H17N5/c1-10-8-17-6-2-3-11(17)9-18(10)13-12(7-14)15-4-5-16-13/h4-5,10-11H,2-3,6,8-9H2,1H3. The first-order valence-corrected chi connectivity index (χ1v) is 6.51. The molecule has 18 heavy (non-hydrogen) atoms. The largest absolute Gasteiger partial charge is 0.349 e. The van der Waals surface area contributed by atoms with Crippen molar-refractivity contribution in [3.63, 3.8) is 0 Å². The molecule has 0 saturated carbocycles. The fourth-order valence-corrected chi connectivity index (χ4v) is 3.10. The second kappa shape index (κ2) is 4.54. The number of rotatable bonds is 1. The maximum atomic E-state index is 9.13. The van der Waals surface area contributed by atoms with Crippen LogP contribution >= 0.6 is 0 Å². The molecule has 0 aromatic carbocycles. The molecule has 2 aliphatic heterocycles. The first-order valence-electron chi connectivity index (χ1n) is 6.51. The molecule has 1 aromatic rings. The van der Waals surface area contributed by atoms with Crippen molar-refractivity contribution < 1.29 is 0 Å². The van der Waals surface area contributed by atoms with Gasteiger partial charge in [0, 0.05) is 37.6 Å². The Morgan fingerprint density at radius 3 is 3.00 bits per heavy atom. The van der Waals surface area contributed by atoms with E-state index in [1.807, 2.05) is 0 Å². The molecule has 2 fully saturated rings. The lowest BCUT2D eigenvalue weighted by Gasteiger charge is -2.42. The van der Waals surface area contributed by atoms with Gasteiger partial charge in [-0.15, -0.1) is 0 Å². The van der Waals surface area contributed by atoms with E-state index in [4.69, 9.17) is 5.26 Å². The van der Waals surface area contributed by atoms with Crippen LogP contribution in [0, 0.1) is 11.3 Å². The summed E-state index contributed by atoms with van der Waals surface area (Å²) >= 11 is 0. The maximum Gasteiger partial charge on any atom is 0.183 e. The maximum absolute atomic E-state index is 9.13. The smallest absolute Gasteiger partial charge is 0.183 e. The van der Waals surface area contributed by atoms with Gasteiger partial charge in [0.1, 0.15) is 6.07 Å². The minimum absolute atomic E-state index is 0.392. The van der Waals surface area contributed by atoms with Crippen molar-refractivity contribution in [2.45, 2.75) is 31.8 Å². The van der Waals surface area contributed by atoms with Gasteiger partial charge in [0.25, 0.3) is 0 Å². The van der Waals surface area contributed by atoms with Gasteiger partial charge in [-0.05, 0) is 26.3 Å². The summed E-state index contributed by atoms with van der Waals surface area (Å²) in [5.41, 5.74) is 0.441. The monoisotopic (exact) mass is 243 g/mol. The van der Waals surface area contributed by atoms with Crippen molar-refractivity contribution in [2.75, 3.05) is 24.5 Å². The van der Waals surface area contributed by atoms with Gasteiger partial charge in [-0.3, -0.25) is 4.90 Å². The number of nitriles is 1. The molecule has 0 aliphatic carbocycles. The molecule has 0 bridgehead atoms. The molecule has 2 unspecified atom stereocenters. The fraction of sp³-hybridized carbons (Fsp3) is 0.615. The van der Waals surface area contributed by atoms with E-state index in [9.17, 15) is 0 Å². The third-order valence-electron chi connectivity index (χ3n) is 3.99. The predicted octanol–water partition coefficient (Wildman–Crippen LogP) is 1.02. The first-order chi connectivity index (χ1) is 8.79. The third kappa shape index (κ3) is 1.83. The SMILES string of the molecule is CC1CN2CCCC2CN1c1nccnc1C#N. The van der Waals surface area contributed by atoms with E-state index in [0.717, 1.165) is 18.9 Å². The lowest BCUT2D eigenvalue weighted by Crippen LogP contribution is -2.55. The molecule has 5 nitrogen and oxygen atoms in total. The van der Waals surface area contributed by atoms with E-state index in [0.29, 0.717) is 17.8 Å². The minimum atomic E-state index is 0.392. The Hall–Kier alpha value is -1.67. The molecule has 2 saturated heterocycles. The highest BCUT2D eigenvalue weighted by Crippen LogP contribution is 2.28. The first kappa shape index (κ1) is 11.4. The zero-order chi connectivity index (χ0) is 12.5. The van der Waals surface area contributed by atoms with Crippen LogP contribution < -0.4 is 4.90 Å². The van der Waals surface area contributed by atoms with Crippen molar-refractivity contribution in [2.24, 2.45) is 0 Å². The highest BCUT2D eigenvalue weighted by Gasteiger charge is 2.35. The van der Waals surface area contributed by atoms with Gasteiger partial charge >= 0.3 is 0 Å². The molecule has 0 radical (unpaired) electrons. The number of anilines is 1. The van der Waals surface area contributed by atoms with Crippen molar-refractivity contribution in [3.05, 3.63) is 18.1 Å². The Balaban J connectivity index is 1.89. The lowest BCUT2D eigenvalue weighted by atomic mass is 10.1. The van der Waals surface area contributed by atoms with E-state index in [2.05, 4.69) is 32.8 Å².